The molecule has 1 unspecified atom stereocenters. The first-order valence-electron chi connectivity index (χ1n) is 6.14. The number of nitrogens with zero attached hydrogens (tertiary/aromatic N) is 1. The molecule has 1 aliphatic heterocycles. The number of rotatable bonds is 6. The Bertz CT molecular complexity index is 332. The molecule has 0 amide bonds. The molecule has 2 N–H and O–H groups in total. The van der Waals surface area contributed by atoms with Crippen LogP contribution in [0.15, 0.2) is 0 Å². The van der Waals surface area contributed by atoms with Gasteiger partial charge >= 0.3 is 0 Å². The first kappa shape index (κ1) is 14.9. The van der Waals surface area contributed by atoms with Crippen LogP contribution in [0.4, 0.5) is 0 Å². The zero-order chi connectivity index (χ0) is 12.9. The summed E-state index contributed by atoms with van der Waals surface area (Å²) in [6, 6.07) is 0. The van der Waals surface area contributed by atoms with Crippen molar-refractivity contribution in [1.29, 1.82) is 0 Å². The van der Waals surface area contributed by atoms with Crippen LogP contribution in [0.3, 0.4) is 0 Å². The summed E-state index contributed by atoms with van der Waals surface area (Å²) in [6.07, 6.45) is 1.57. The fourth-order valence-corrected chi connectivity index (χ4v) is 4.64. The lowest BCUT2D eigenvalue weighted by Crippen LogP contribution is -2.60. The van der Waals surface area contributed by atoms with Crippen LogP contribution in [0.2, 0.25) is 0 Å². The highest BCUT2D eigenvalue weighted by atomic mass is 32.2. The number of ether oxygens (including phenoxy) is 1. The second-order valence-electron chi connectivity index (χ2n) is 4.70. The lowest BCUT2D eigenvalue weighted by atomic mass is 9.93. The van der Waals surface area contributed by atoms with Crippen LogP contribution in [-0.2, 0) is 14.6 Å². The molecule has 0 saturated carbocycles. The molecule has 0 aromatic heterocycles. The van der Waals surface area contributed by atoms with Crippen LogP contribution in [0.5, 0.6) is 0 Å². The average molecular weight is 264 g/mol. The fourth-order valence-electron chi connectivity index (χ4n) is 2.65. The molecule has 0 spiro atoms. The second-order valence-corrected chi connectivity index (χ2v) is 6.88. The molecule has 1 fully saturated rings. The molecular formula is C11H24N2O3S. The third kappa shape index (κ3) is 3.64. The van der Waals surface area contributed by atoms with E-state index in [1.54, 1.807) is 7.11 Å². The van der Waals surface area contributed by atoms with Gasteiger partial charge in [0.1, 0.15) is 0 Å². The Kier molecular flexibility index (Phi) is 5.37. The molecule has 1 saturated heterocycles. The van der Waals surface area contributed by atoms with E-state index in [0.29, 0.717) is 25.3 Å². The zero-order valence-corrected chi connectivity index (χ0v) is 11.6. The van der Waals surface area contributed by atoms with Gasteiger partial charge in [-0.15, -0.1) is 0 Å². The van der Waals surface area contributed by atoms with Crippen LogP contribution in [-0.4, -0.2) is 63.7 Å². The maximum absolute atomic E-state index is 11.8. The normalized spacial score (nSPS) is 28.5. The van der Waals surface area contributed by atoms with Crippen LogP contribution < -0.4 is 5.73 Å². The van der Waals surface area contributed by atoms with E-state index in [2.05, 4.69) is 4.90 Å². The van der Waals surface area contributed by atoms with Crippen LogP contribution in [0.25, 0.3) is 0 Å². The van der Waals surface area contributed by atoms with Gasteiger partial charge in [0.25, 0.3) is 0 Å². The van der Waals surface area contributed by atoms with E-state index in [1.165, 1.54) is 0 Å². The molecule has 1 aliphatic rings. The second kappa shape index (κ2) is 6.13. The molecule has 17 heavy (non-hydrogen) atoms. The Labute approximate surface area is 104 Å². The number of hydrogen-bond donors (Lipinski definition) is 1. The van der Waals surface area contributed by atoms with Crippen molar-refractivity contribution in [1.82, 2.24) is 4.90 Å². The maximum atomic E-state index is 11.8. The summed E-state index contributed by atoms with van der Waals surface area (Å²) in [4.78, 5) is 2.16. The highest BCUT2D eigenvalue weighted by Gasteiger charge is 2.41. The molecule has 6 heteroatoms. The zero-order valence-electron chi connectivity index (χ0n) is 10.8. The number of hydrogen-bond acceptors (Lipinski definition) is 5. The number of likely N-dealkylation sites (N-methyl/N-ethyl adjacent to an activating group) is 1. The molecule has 5 nitrogen and oxygen atoms in total. The Morgan fingerprint density at radius 2 is 2.18 bits per heavy atom. The number of sulfone groups is 1. The summed E-state index contributed by atoms with van der Waals surface area (Å²) >= 11 is 0. The standard InChI is InChI=1S/C11H24N2O3S/c1-3-13(6-7-16-2)11(9-12)5-4-8-17(14,15)10-11/h3-10,12H2,1-2H3. The van der Waals surface area contributed by atoms with E-state index in [9.17, 15) is 8.42 Å². The van der Waals surface area contributed by atoms with Gasteiger partial charge in [0, 0.05) is 25.7 Å². The summed E-state index contributed by atoms with van der Waals surface area (Å²) in [6.45, 7) is 4.57. The molecule has 102 valence electrons. The molecule has 1 atom stereocenters. The van der Waals surface area contributed by atoms with Crippen molar-refractivity contribution < 1.29 is 13.2 Å². The number of methoxy groups -OCH3 is 1. The summed E-state index contributed by atoms with van der Waals surface area (Å²) < 4.78 is 28.7. The van der Waals surface area contributed by atoms with E-state index in [1.807, 2.05) is 6.92 Å². The summed E-state index contributed by atoms with van der Waals surface area (Å²) in [5.41, 5.74) is 5.48. The maximum Gasteiger partial charge on any atom is 0.152 e. The summed E-state index contributed by atoms with van der Waals surface area (Å²) in [5.74, 6) is 0.491. The van der Waals surface area contributed by atoms with Gasteiger partial charge in [-0.1, -0.05) is 6.92 Å². The minimum atomic E-state index is -2.95. The van der Waals surface area contributed by atoms with Crippen LogP contribution in [0.1, 0.15) is 19.8 Å². The molecule has 0 bridgehead atoms. The van der Waals surface area contributed by atoms with E-state index in [-0.39, 0.29) is 11.3 Å². The third-order valence-corrected chi connectivity index (χ3v) is 5.47. The Morgan fingerprint density at radius 3 is 2.65 bits per heavy atom. The van der Waals surface area contributed by atoms with Gasteiger partial charge < -0.3 is 10.5 Å². The highest BCUT2D eigenvalue weighted by Crippen LogP contribution is 2.28. The Balaban J connectivity index is 2.84. The third-order valence-electron chi connectivity index (χ3n) is 3.58. The lowest BCUT2D eigenvalue weighted by Gasteiger charge is -2.45. The Hall–Kier alpha value is -0.170. The smallest absolute Gasteiger partial charge is 0.152 e. The van der Waals surface area contributed by atoms with Crippen LogP contribution in [0, 0.1) is 0 Å². The topological polar surface area (TPSA) is 72.6 Å². The summed E-state index contributed by atoms with van der Waals surface area (Å²) in [7, 11) is -1.29. The van der Waals surface area contributed by atoms with Gasteiger partial charge in [-0.3, -0.25) is 4.90 Å². The minimum absolute atomic E-state index is 0.189. The SMILES string of the molecule is CCN(CCOC)C1(CN)CCCS(=O)(=O)C1. The fraction of sp³-hybridized carbons (Fsp3) is 1.00. The van der Waals surface area contributed by atoms with Gasteiger partial charge in [-0.05, 0) is 19.4 Å². The van der Waals surface area contributed by atoms with E-state index < -0.39 is 9.84 Å². The molecule has 1 heterocycles. The van der Waals surface area contributed by atoms with Crippen molar-refractivity contribution >= 4 is 9.84 Å². The van der Waals surface area contributed by atoms with Gasteiger partial charge in [-0.25, -0.2) is 8.42 Å². The minimum Gasteiger partial charge on any atom is -0.383 e. The van der Waals surface area contributed by atoms with Crippen molar-refractivity contribution in [3.05, 3.63) is 0 Å². The van der Waals surface area contributed by atoms with Gasteiger partial charge in [-0.2, -0.15) is 0 Å². The van der Waals surface area contributed by atoms with Crippen molar-refractivity contribution in [2.24, 2.45) is 5.73 Å². The monoisotopic (exact) mass is 264 g/mol. The van der Waals surface area contributed by atoms with Crippen molar-refractivity contribution in [2.45, 2.75) is 25.3 Å². The predicted octanol–water partition coefficient (Wildman–Crippen LogP) is -0.139. The van der Waals surface area contributed by atoms with Gasteiger partial charge in [0.15, 0.2) is 9.84 Å². The molecule has 1 rings (SSSR count). The van der Waals surface area contributed by atoms with E-state index in [4.69, 9.17) is 10.5 Å². The van der Waals surface area contributed by atoms with Gasteiger partial charge in [0.2, 0.25) is 0 Å². The van der Waals surface area contributed by atoms with E-state index >= 15 is 0 Å². The Morgan fingerprint density at radius 1 is 1.47 bits per heavy atom. The number of nitrogens with two attached hydrogens (primary N) is 1. The molecule has 0 radical (unpaired) electrons. The van der Waals surface area contributed by atoms with Gasteiger partial charge in [0.05, 0.1) is 18.1 Å². The van der Waals surface area contributed by atoms with Crippen molar-refractivity contribution in [2.75, 3.05) is 44.9 Å². The quantitative estimate of drug-likeness (QED) is 0.723. The molecular weight excluding hydrogens is 240 g/mol. The predicted molar refractivity (Wildman–Crippen MR) is 68.8 cm³/mol. The first-order chi connectivity index (χ1) is 7.99. The van der Waals surface area contributed by atoms with Crippen molar-refractivity contribution in [3.8, 4) is 0 Å². The van der Waals surface area contributed by atoms with Crippen LogP contribution >= 0.6 is 0 Å². The first-order valence-corrected chi connectivity index (χ1v) is 7.96. The molecule has 0 aliphatic carbocycles. The summed E-state index contributed by atoms with van der Waals surface area (Å²) in [5, 5.41) is 0. The molecule has 0 aromatic rings. The van der Waals surface area contributed by atoms with Crippen molar-refractivity contribution in [3.63, 3.8) is 0 Å². The van der Waals surface area contributed by atoms with E-state index in [0.717, 1.165) is 19.5 Å². The highest BCUT2D eigenvalue weighted by molar-refractivity contribution is 7.91. The lowest BCUT2D eigenvalue weighted by molar-refractivity contribution is 0.0690. The average Bonchev–Trinajstić information content (AvgIpc) is 2.28. The largest absolute Gasteiger partial charge is 0.383 e. The molecule has 0 aromatic carbocycles.